The summed E-state index contributed by atoms with van der Waals surface area (Å²) < 4.78 is 5.93. The number of carbonyl (C=O) groups is 1. The maximum Gasteiger partial charge on any atom is 0.335 e. The molecule has 1 N–H and O–H groups in total. The smallest absolute Gasteiger partial charge is 0.335 e. The summed E-state index contributed by atoms with van der Waals surface area (Å²) in [7, 11) is 0. The summed E-state index contributed by atoms with van der Waals surface area (Å²) in [6.07, 6.45) is 0. The maximum absolute atomic E-state index is 11.4. The zero-order valence-corrected chi connectivity index (χ0v) is 12.6. The molecule has 0 aromatic heterocycles. The average Bonchev–Trinajstić information content (AvgIpc) is 2.27. The molecule has 0 aliphatic carbocycles. The molecule has 0 aliphatic heterocycles. The molecule has 0 spiro atoms. The highest BCUT2D eigenvalue weighted by atomic mass is 79.9. The summed E-state index contributed by atoms with van der Waals surface area (Å²) in [6, 6.07) is 4.06. The lowest BCUT2D eigenvalue weighted by molar-refractivity contribution is -0.138. The molecule has 4 heteroatoms. The Bertz CT molecular complexity index is 446. The van der Waals surface area contributed by atoms with Crippen molar-refractivity contribution in [3.8, 4) is 0 Å². The fourth-order valence-electron chi connectivity index (χ4n) is 1.69. The molecule has 0 aliphatic rings. The van der Waals surface area contributed by atoms with Crippen molar-refractivity contribution in [3.63, 3.8) is 0 Å². The van der Waals surface area contributed by atoms with Crippen LogP contribution in [0.15, 0.2) is 28.8 Å². The molecule has 1 aromatic carbocycles. The number of nitrogens with one attached hydrogen (secondary N) is 1. The third-order valence-corrected chi connectivity index (χ3v) is 3.00. The van der Waals surface area contributed by atoms with Crippen molar-refractivity contribution in [1.82, 2.24) is 0 Å². The van der Waals surface area contributed by atoms with Crippen molar-refractivity contribution in [3.05, 3.63) is 39.9 Å². The molecule has 0 amide bonds. The van der Waals surface area contributed by atoms with Crippen molar-refractivity contribution in [2.75, 3.05) is 18.5 Å². The molecule has 0 saturated heterocycles. The van der Waals surface area contributed by atoms with E-state index in [4.69, 9.17) is 4.74 Å². The molecule has 0 fully saturated rings. The third kappa shape index (κ3) is 3.88. The van der Waals surface area contributed by atoms with Crippen molar-refractivity contribution >= 4 is 27.6 Å². The van der Waals surface area contributed by atoms with Crippen LogP contribution in [0.2, 0.25) is 0 Å². The molecule has 1 aromatic rings. The van der Waals surface area contributed by atoms with Gasteiger partial charge in [-0.3, -0.25) is 0 Å². The molecule has 1 rings (SSSR count). The van der Waals surface area contributed by atoms with Crippen LogP contribution in [0.4, 0.5) is 5.69 Å². The molecular formula is C14H18BrNO2. The SMILES string of the molecule is C=C(CNc1c(C)cc(Br)cc1C)C(=O)OCC. The number of anilines is 1. The number of rotatable bonds is 5. The van der Waals surface area contributed by atoms with Gasteiger partial charge in [-0.1, -0.05) is 22.5 Å². The largest absolute Gasteiger partial charge is 0.463 e. The first-order chi connectivity index (χ1) is 8.45. The fourth-order valence-corrected chi connectivity index (χ4v) is 2.38. The minimum absolute atomic E-state index is 0.350. The van der Waals surface area contributed by atoms with Crippen molar-refractivity contribution < 1.29 is 9.53 Å². The number of carbonyl (C=O) groups excluding carboxylic acids is 1. The summed E-state index contributed by atoms with van der Waals surface area (Å²) >= 11 is 3.45. The van der Waals surface area contributed by atoms with Gasteiger partial charge in [0.15, 0.2) is 0 Å². The van der Waals surface area contributed by atoms with Gasteiger partial charge >= 0.3 is 5.97 Å². The quantitative estimate of drug-likeness (QED) is 0.667. The van der Waals surface area contributed by atoms with Crippen molar-refractivity contribution in [1.29, 1.82) is 0 Å². The van der Waals surface area contributed by atoms with E-state index in [0.29, 0.717) is 18.7 Å². The third-order valence-electron chi connectivity index (χ3n) is 2.54. The van der Waals surface area contributed by atoms with Crippen LogP contribution in [0, 0.1) is 13.8 Å². The minimum Gasteiger partial charge on any atom is -0.463 e. The molecule has 0 radical (unpaired) electrons. The first-order valence-electron chi connectivity index (χ1n) is 5.81. The first kappa shape index (κ1) is 14.8. The van der Waals surface area contributed by atoms with Crippen LogP contribution in [0.25, 0.3) is 0 Å². The number of benzene rings is 1. The van der Waals surface area contributed by atoms with E-state index in [2.05, 4.69) is 27.8 Å². The first-order valence-corrected chi connectivity index (χ1v) is 6.60. The van der Waals surface area contributed by atoms with E-state index in [1.165, 1.54) is 0 Å². The Balaban J connectivity index is 2.70. The van der Waals surface area contributed by atoms with Crippen LogP contribution < -0.4 is 5.32 Å². The monoisotopic (exact) mass is 311 g/mol. The van der Waals surface area contributed by atoms with Crippen LogP contribution in [0.3, 0.4) is 0 Å². The summed E-state index contributed by atoms with van der Waals surface area (Å²) in [5.41, 5.74) is 3.71. The number of hydrogen-bond acceptors (Lipinski definition) is 3. The van der Waals surface area contributed by atoms with Crippen molar-refractivity contribution in [2.45, 2.75) is 20.8 Å². The molecule has 0 unspecified atom stereocenters. The Morgan fingerprint density at radius 3 is 2.44 bits per heavy atom. The minimum atomic E-state index is -0.350. The van der Waals surface area contributed by atoms with Gasteiger partial charge in [0, 0.05) is 22.3 Å². The lowest BCUT2D eigenvalue weighted by atomic mass is 10.1. The predicted molar refractivity (Wildman–Crippen MR) is 77.9 cm³/mol. The lowest BCUT2D eigenvalue weighted by Crippen LogP contribution is -2.15. The zero-order valence-electron chi connectivity index (χ0n) is 11.0. The number of ether oxygens (including phenoxy) is 1. The summed E-state index contributed by atoms with van der Waals surface area (Å²) in [6.45, 7) is 10.3. The van der Waals surface area contributed by atoms with E-state index in [-0.39, 0.29) is 5.97 Å². The van der Waals surface area contributed by atoms with Crippen LogP contribution in [0.1, 0.15) is 18.1 Å². The Morgan fingerprint density at radius 2 is 1.94 bits per heavy atom. The second kappa shape index (κ2) is 6.59. The highest BCUT2D eigenvalue weighted by Crippen LogP contribution is 2.25. The van der Waals surface area contributed by atoms with Gasteiger partial charge in [0.2, 0.25) is 0 Å². The molecular weight excluding hydrogens is 294 g/mol. The van der Waals surface area contributed by atoms with Crippen molar-refractivity contribution in [2.24, 2.45) is 0 Å². The van der Waals surface area contributed by atoms with Crippen LogP contribution in [0.5, 0.6) is 0 Å². The van der Waals surface area contributed by atoms with E-state index in [9.17, 15) is 4.79 Å². The summed E-state index contributed by atoms with van der Waals surface area (Å²) in [5, 5.41) is 3.23. The highest BCUT2D eigenvalue weighted by Gasteiger charge is 2.09. The molecule has 0 heterocycles. The van der Waals surface area contributed by atoms with Crippen LogP contribution in [-0.2, 0) is 9.53 Å². The van der Waals surface area contributed by atoms with Gasteiger partial charge in [0.25, 0.3) is 0 Å². The fraction of sp³-hybridized carbons (Fsp3) is 0.357. The van der Waals surface area contributed by atoms with Gasteiger partial charge in [0.1, 0.15) is 0 Å². The standard InChI is InChI=1S/C14H18BrNO2/c1-5-18-14(17)11(4)8-16-13-9(2)6-12(15)7-10(13)3/h6-7,16H,4-5,8H2,1-3H3. The number of halogens is 1. The topological polar surface area (TPSA) is 38.3 Å². The number of esters is 1. The molecule has 0 atom stereocenters. The van der Waals surface area contributed by atoms with Crippen LogP contribution >= 0.6 is 15.9 Å². The maximum atomic E-state index is 11.4. The number of aryl methyl sites for hydroxylation is 2. The van der Waals surface area contributed by atoms with E-state index in [1.54, 1.807) is 6.92 Å². The van der Waals surface area contributed by atoms with Gasteiger partial charge < -0.3 is 10.1 Å². The molecule has 18 heavy (non-hydrogen) atoms. The highest BCUT2D eigenvalue weighted by molar-refractivity contribution is 9.10. The summed E-state index contributed by atoms with van der Waals surface area (Å²) in [5.74, 6) is -0.350. The van der Waals surface area contributed by atoms with Gasteiger partial charge in [-0.2, -0.15) is 0 Å². The normalized spacial score (nSPS) is 10.0. The van der Waals surface area contributed by atoms with Gasteiger partial charge in [0.05, 0.1) is 6.61 Å². The molecule has 0 saturated carbocycles. The second-order valence-corrected chi connectivity index (χ2v) is 5.01. The Labute approximate surface area is 116 Å². The summed E-state index contributed by atoms with van der Waals surface area (Å²) in [4.78, 5) is 11.4. The van der Waals surface area contributed by atoms with E-state index < -0.39 is 0 Å². The Hall–Kier alpha value is -1.29. The predicted octanol–water partition coefficient (Wildman–Crippen LogP) is 3.60. The molecule has 0 bridgehead atoms. The van der Waals surface area contributed by atoms with E-state index in [1.807, 2.05) is 26.0 Å². The Kier molecular flexibility index (Phi) is 5.41. The van der Waals surface area contributed by atoms with Crippen LogP contribution in [-0.4, -0.2) is 19.1 Å². The average molecular weight is 312 g/mol. The van der Waals surface area contributed by atoms with Gasteiger partial charge in [-0.15, -0.1) is 0 Å². The van der Waals surface area contributed by atoms with E-state index >= 15 is 0 Å². The number of hydrogen-bond donors (Lipinski definition) is 1. The van der Waals surface area contributed by atoms with Gasteiger partial charge in [-0.05, 0) is 44.0 Å². The molecule has 98 valence electrons. The van der Waals surface area contributed by atoms with Gasteiger partial charge in [-0.25, -0.2) is 4.79 Å². The lowest BCUT2D eigenvalue weighted by Gasteiger charge is -2.14. The zero-order chi connectivity index (χ0) is 13.7. The second-order valence-electron chi connectivity index (χ2n) is 4.09. The Morgan fingerprint density at radius 1 is 1.39 bits per heavy atom. The van der Waals surface area contributed by atoms with E-state index in [0.717, 1.165) is 21.3 Å². The molecule has 3 nitrogen and oxygen atoms in total.